The molecule has 0 radical (unpaired) electrons. The van der Waals surface area contributed by atoms with Gasteiger partial charge in [0, 0.05) is 35.6 Å². The van der Waals surface area contributed by atoms with Crippen LogP contribution >= 0.6 is 0 Å². The number of hydrazone groups is 1. The van der Waals surface area contributed by atoms with Crippen molar-refractivity contribution in [3.8, 4) is 5.75 Å². The first-order valence-corrected chi connectivity index (χ1v) is 10.6. The van der Waals surface area contributed by atoms with Crippen LogP contribution in [0.25, 0.3) is 0 Å². The average Bonchev–Trinajstić information content (AvgIpc) is 2.89. The van der Waals surface area contributed by atoms with Crippen molar-refractivity contribution in [1.82, 2.24) is 15.0 Å². The van der Waals surface area contributed by atoms with Crippen LogP contribution in [0.1, 0.15) is 5.56 Å². The van der Waals surface area contributed by atoms with E-state index < -0.39 is 9.85 Å². The number of aromatic nitrogens is 3. The van der Waals surface area contributed by atoms with Gasteiger partial charge in [0.05, 0.1) is 23.2 Å². The Balaban J connectivity index is 1.56. The van der Waals surface area contributed by atoms with E-state index in [1.165, 1.54) is 42.6 Å². The molecule has 3 aromatic carbocycles. The van der Waals surface area contributed by atoms with E-state index in [1.54, 1.807) is 43.5 Å². The molecule has 3 N–H and O–H groups in total. The number of nitro groups is 2. The third-order valence-electron chi connectivity index (χ3n) is 4.80. The Morgan fingerprint density at radius 1 is 0.730 bits per heavy atom. The van der Waals surface area contributed by atoms with Gasteiger partial charge >= 0.3 is 0 Å². The van der Waals surface area contributed by atoms with Crippen molar-refractivity contribution in [3.63, 3.8) is 0 Å². The Labute approximate surface area is 209 Å². The summed E-state index contributed by atoms with van der Waals surface area (Å²) in [6, 6.07) is 18.7. The smallest absolute Gasteiger partial charge is 0.269 e. The van der Waals surface area contributed by atoms with Gasteiger partial charge in [-0.15, -0.1) is 0 Å². The molecular weight excluding hydrogens is 482 g/mol. The maximum Gasteiger partial charge on any atom is 0.269 e. The Morgan fingerprint density at radius 2 is 1.19 bits per heavy atom. The van der Waals surface area contributed by atoms with Gasteiger partial charge in [0.2, 0.25) is 17.8 Å². The average molecular weight is 501 g/mol. The second-order valence-corrected chi connectivity index (χ2v) is 7.31. The van der Waals surface area contributed by atoms with Gasteiger partial charge in [0.1, 0.15) is 5.75 Å². The van der Waals surface area contributed by atoms with E-state index in [0.29, 0.717) is 22.7 Å². The van der Waals surface area contributed by atoms with Crippen molar-refractivity contribution in [2.24, 2.45) is 5.10 Å². The lowest BCUT2D eigenvalue weighted by Crippen LogP contribution is -2.07. The zero-order valence-corrected chi connectivity index (χ0v) is 19.2. The van der Waals surface area contributed by atoms with Crippen LogP contribution in [0.2, 0.25) is 0 Å². The first kappa shape index (κ1) is 24.5. The van der Waals surface area contributed by atoms with Gasteiger partial charge in [-0.25, -0.2) is 5.43 Å². The molecule has 0 spiro atoms. The van der Waals surface area contributed by atoms with Gasteiger partial charge < -0.3 is 15.4 Å². The molecule has 0 atom stereocenters. The molecule has 1 aromatic heterocycles. The highest BCUT2D eigenvalue weighted by Gasteiger charge is 2.10. The van der Waals surface area contributed by atoms with Crippen LogP contribution < -0.4 is 20.8 Å². The molecule has 0 unspecified atom stereocenters. The van der Waals surface area contributed by atoms with Crippen molar-refractivity contribution >= 4 is 46.8 Å². The number of benzene rings is 3. The second-order valence-electron chi connectivity index (χ2n) is 7.31. The highest BCUT2D eigenvalue weighted by atomic mass is 16.6. The predicted octanol–water partition coefficient (Wildman–Crippen LogP) is 4.63. The van der Waals surface area contributed by atoms with E-state index in [-0.39, 0.29) is 29.2 Å². The van der Waals surface area contributed by atoms with Gasteiger partial charge in [-0.1, -0.05) is 0 Å². The fraction of sp³-hybridized carbons (Fsp3) is 0.0435. The summed E-state index contributed by atoms with van der Waals surface area (Å²) in [5.41, 5.74) is 4.46. The summed E-state index contributed by atoms with van der Waals surface area (Å²) in [5.74, 6) is 1.11. The van der Waals surface area contributed by atoms with E-state index >= 15 is 0 Å². The lowest BCUT2D eigenvalue weighted by molar-refractivity contribution is -0.385. The first-order valence-electron chi connectivity index (χ1n) is 10.6. The second kappa shape index (κ2) is 11.2. The first-order chi connectivity index (χ1) is 17.9. The number of hydrogen-bond acceptors (Lipinski definition) is 12. The van der Waals surface area contributed by atoms with Crippen LogP contribution in [0.15, 0.2) is 77.9 Å². The SMILES string of the molecule is COc1ccc(Nc2nc(NN=Cc3ccc([N+](=O)[O-])cc3)nc(Nc3ccc([N+](=O)[O-])cc3)n2)cc1. The number of ether oxygens (including phenoxy) is 1. The van der Waals surface area contributed by atoms with E-state index in [4.69, 9.17) is 4.74 Å². The summed E-state index contributed by atoms with van der Waals surface area (Å²) in [6.07, 6.45) is 1.45. The number of non-ortho nitro benzene ring substituents is 2. The van der Waals surface area contributed by atoms with E-state index in [1.807, 2.05) is 0 Å². The van der Waals surface area contributed by atoms with Crippen LogP contribution in [-0.2, 0) is 0 Å². The summed E-state index contributed by atoms with van der Waals surface area (Å²) in [7, 11) is 1.57. The Bertz CT molecular complexity index is 1430. The molecule has 186 valence electrons. The lowest BCUT2D eigenvalue weighted by atomic mass is 10.2. The molecule has 0 aliphatic carbocycles. The molecule has 0 bridgehead atoms. The van der Waals surface area contributed by atoms with Crippen LogP contribution in [0.4, 0.5) is 40.6 Å². The molecule has 14 nitrogen and oxygen atoms in total. The molecular formula is C23H19N9O5. The number of nitro benzene ring substituents is 2. The zero-order chi connectivity index (χ0) is 26.2. The molecule has 14 heteroatoms. The molecule has 0 amide bonds. The van der Waals surface area contributed by atoms with Crippen molar-refractivity contribution in [2.75, 3.05) is 23.2 Å². The van der Waals surface area contributed by atoms with Crippen molar-refractivity contribution in [1.29, 1.82) is 0 Å². The van der Waals surface area contributed by atoms with Gasteiger partial charge in [-0.2, -0.15) is 20.1 Å². The molecule has 0 saturated heterocycles. The number of nitrogens with zero attached hydrogens (tertiary/aromatic N) is 6. The van der Waals surface area contributed by atoms with Crippen LogP contribution in [0.5, 0.6) is 5.75 Å². The normalized spacial score (nSPS) is 10.6. The minimum atomic E-state index is -0.492. The van der Waals surface area contributed by atoms with Crippen molar-refractivity contribution in [2.45, 2.75) is 0 Å². The fourth-order valence-corrected chi connectivity index (χ4v) is 2.98. The van der Waals surface area contributed by atoms with Gasteiger partial charge in [0.15, 0.2) is 0 Å². The third kappa shape index (κ3) is 6.69. The summed E-state index contributed by atoms with van der Waals surface area (Å²) in [4.78, 5) is 33.7. The summed E-state index contributed by atoms with van der Waals surface area (Å²) >= 11 is 0. The van der Waals surface area contributed by atoms with Gasteiger partial charge in [-0.05, 0) is 54.1 Å². The Morgan fingerprint density at radius 3 is 1.68 bits per heavy atom. The highest BCUT2D eigenvalue weighted by Crippen LogP contribution is 2.22. The topological polar surface area (TPSA) is 183 Å². The summed E-state index contributed by atoms with van der Waals surface area (Å²) in [5, 5.41) is 31.9. The Hall–Kier alpha value is -5.66. The molecule has 0 fully saturated rings. The number of hydrogen-bond donors (Lipinski definition) is 3. The van der Waals surface area contributed by atoms with Crippen molar-refractivity contribution < 1.29 is 14.6 Å². The maximum absolute atomic E-state index is 10.9. The van der Waals surface area contributed by atoms with E-state index in [0.717, 1.165) is 0 Å². The standard InChI is InChI=1S/C23H19N9O5/c1-37-20-12-6-17(7-13-20)26-22-27-21(25-16-4-10-19(11-5-16)32(35)36)28-23(29-22)30-24-14-15-2-8-18(9-3-15)31(33)34/h2-14H,1H3,(H3,25,26,27,28,29,30). The lowest BCUT2D eigenvalue weighted by Gasteiger charge is -2.10. The number of anilines is 5. The molecule has 4 rings (SSSR count). The fourth-order valence-electron chi connectivity index (χ4n) is 2.98. The van der Waals surface area contributed by atoms with Gasteiger partial charge in [-0.3, -0.25) is 20.2 Å². The molecule has 1 heterocycles. The minimum Gasteiger partial charge on any atom is -0.497 e. The largest absolute Gasteiger partial charge is 0.497 e. The van der Waals surface area contributed by atoms with E-state index in [9.17, 15) is 20.2 Å². The van der Waals surface area contributed by atoms with Crippen LogP contribution in [-0.4, -0.2) is 38.1 Å². The zero-order valence-electron chi connectivity index (χ0n) is 19.2. The monoisotopic (exact) mass is 501 g/mol. The molecule has 0 aliphatic heterocycles. The molecule has 4 aromatic rings. The van der Waals surface area contributed by atoms with Gasteiger partial charge in [0.25, 0.3) is 11.4 Å². The number of rotatable bonds is 10. The number of nitrogens with one attached hydrogen (secondary N) is 3. The molecule has 37 heavy (non-hydrogen) atoms. The molecule has 0 saturated carbocycles. The minimum absolute atomic E-state index is 0.0289. The molecule has 0 aliphatic rings. The third-order valence-corrected chi connectivity index (χ3v) is 4.80. The highest BCUT2D eigenvalue weighted by molar-refractivity contribution is 5.80. The van der Waals surface area contributed by atoms with Crippen LogP contribution in [0, 0.1) is 20.2 Å². The summed E-state index contributed by atoms with van der Waals surface area (Å²) in [6.45, 7) is 0. The van der Waals surface area contributed by atoms with Crippen LogP contribution in [0.3, 0.4) is 0 Å². The number of methoxy groups -OCH3 is 1. The maximum atomic E-state index is 10.9. The quantitative estimate of drug-likeness (QED) is 0.156. The van der Waals surface area contributed by atoms with Crippen molar-refractivity contribution in [3.05, 3.63) is 98.6 Å². The summed E-state index contributed by atoms with van der Waals surface area (Å²) < 4.78 is 5.17. The van der Waals surface area contributed by atoms with E-state index in [2.05, 4.69) is 36.1 Å². The predicted molar refractivity (Wildman–Crippen MR) is 137 cm³/mol. The Kier molecular flexibility index (Phi) is 7.39.